The predicted molar refractivity (Wildman–Crippen MR) is 99.3 cm³/mol. The Balaban J connectivity index is 1.93. The van der Waals surface area contributed by atoms with Gasteiger partial charge in [0.05, 0.1) is 7.11 Å². The van der Waals surface area contributed by atoms with Crippen molar-refractivity contribution in [3.8, 4) is 5.88 Å². The Labute approximate surface area is 152 Å². The van der Waals surface area contributed by atoms with Crippen LogP contribution in [-0.4, -0.2) is 45.4 Å². The Bertz CT molecular complexity index is 1100. The van der Waals surface area contributed by atoms with Crippen LogP contribution in [0, 0.1) is 4.77 Å². The van der Waals surface area contributed by atoms with Crippen LogP contribution in [0.3, 0.4) is 0 Å². The second-order valence-electron chi connectivity index (χ2n) is 5.55. The summed E-state index contributed by atoms with van der Waals surface area (Å²) < 4.78 is 4.80. The van der Waals surface area contributed by atoms with Gasteiger partial charge in [-0.25, -0.2) is 4.79 Å². The van der Waals surface area contributed by atoms with Crippen LogP contribution in [0.4, 0.5) is 0 Å². The normalized spacial score (nSPS) is 12.5. The fraction of sp³-hybridized carbons (Fsp3) is 0.176. The third-order valence-electron chi connectivity index (χ3n) is 3.90. The first kappa shape index (κ1) is 17.6. The molecule has 2 heterocycles. The molecule has 4 N–H and O–H groups in total. The minimum absolute atomic E-state index is 0.00652. The van der Waals surface area contributed by atoms with Crippen molar-refractivity contribution >= 4 is 35.3 Å². The van der Waals surface area contributed by atoms with E-state index >= 15 is 0 Å². The highest BCUT2D eigenvalue weighted by atomic mass is 32.1. The summed E-state index contributed by atoms with van der Waals surface area (Å²) in [6.07, 6.45) is 3.21. The quantitative estimate of drug-likeness (QED) is 0.309. The lowest BCUT2D eigenvalue weighted by molar-refractivity contribution is -0.142. The first-order valence-electron chi connectivity index (χ1n) is 7.71. The maximum atomic E-state index is 12.1. The number of aromatic amines is 3. The number of ether oxygens (including phenoxy) is 1. The van der Waals surface area contributed by atoms with E-state index in [1.54, 1.807) is 6.20 Å². The molecule has 0 aliphatic rings. The van der Waals surface area contributed by atoms with E-state index in [9.17, 15) is 14.7 Å². The molecule has 0 saturated heterocycles. The molecule has 1 aromatic carbocycles. The first-order valence-corrected chi connectivity index (χ1v) is 8.12. The van der Waals surface area contributed by atoms with Crippen molar-refractivity contribution in [1.29, 1.82) is 0 Å². The molecule has 0 unspecified atom stereocenters. The van der Waals surface area contributed by atoms with Crippen molar-refractivity contribution in [2.24, 2.45) is 4.99 Å². The number of esters is 1. The standard InChI is InChI=1S/C17H16N4O4S/c1-25-16(24)13(6-9-7-18-12-5-3-2-4-10(9)12)19-8-11-14(22)20-17(26)21-15(11)23/h2-5,7-8,13,18H,6H2,1H3,(H3,20,21,22,23,26)/t13-/m0/s1. The molecule has 0 fully saturated rings. The predicted octanol–water partition coefficient (Wildman–Crippen LogP) is 1.82. The second-order valence-corrected chi connectivity index (χ2v) is 5.96. The summed E-state index contributed by atoms with van der Waals surface area (Å²) >= 11 is 4.77. The average Bonchev–Trinajstić information content (AvgIpc) is 3.02. The molecule has 0 amide bonds. The van der Waals surface area contributed by atoms with Gasteiger partial charge in [0, 0.05) is 29.7 Å². The number of hydrogen-bond donors (Lipinski definition) is 4. The van der Waals surface area contributed by atoms with Crippen molar-refractivity contribution in [1.82, 2.24) is 15.0 Å². The summed E-state index contributed by atoms with van der Waals surface area (Å²) in [5, 5.41) is 10.8. The number of hydrogen-bond acceptors (Lipinski definition) is 6. The Morgan fingerprint density at radius 2 is 2.15 bits per heavy atom. The maximum absolute atomic E-state index is 12.1. The highest BCUT2D eigenvalue weighted by Crippen LogP contribution is 2.20. The Morgan fingerprint density at radius 1 is 1.38 bits per heavy atom. The van der Waals surface area contributed by atoms with Crippen LogP contribution in [0.1, 0.15) is 11.1 Å². The lowest BCUT2D eigenvalue weighted by Gasteiger charge is -2.09. The number of aromatic hydroxyl groups is 1. The minimum Gasteiger partial charge on any atom is -0.494 e. The van der Waals surface area contributed by atoms with Crippen LogP contribution in [0.25, 0.3) is 10.9 Å². The van der Waals surface area contributed by atoms with E-state index in [2.05, 4.69) is 19.9 Å². The smallest absolute Gasteiger partial charge is 0.330 e. The number of rotatable bonds is 5. The summed E-state index contributed by atoms with van der Waals surface area (Å²) in [6, 6.07) is 6.81. The number of H-pyrrole nitrogens is 3. The summed E-state index contributed by atoms with van der Waals surface area (Å²) in [5.41, 5.74) is 1.11. The zero-order valence-corrected chi connectivity index (χ0v) is 14.6. The molecule has 9 heteroatoms. The number of aromatic nitrogens is 3. The molecule has 0 spiro atoms. The first-order chi connectivity index (χ1) is 12.5. The summed E-state index contributed by atoms with van der Waals surface area (Å²) in [7, 11) is 1.27. The van der Waals surface area contributed by atoms with Gasteiger partial charge in [0.15, 0.2) is 10.8 Å². The van der Waals surface area contributed by atoms with Gasteiger partial charge in [-0.15, -0.1) is 0 Å². The van der Waals surface area contributed by atoms with Crippen LogP contribution in [0.5, 0.6) is 5.88 Å². The molecule has 0 radical (unpaired) electrons. The van der Waals surface area contributed by atoms with E-state index in [4.69, 9.17) is 17.0 Å². The molecule has 3 aromatic rings. The number of nitrogens with one attached hydrogen (secondary N) is 3. The molecule has 0 bridgehead atoms. The van der Waals surface area contributed by atoms with Crippen molar-refractivity contribution in [2.75, 3.05) is 7.11 Å². The Hall–Kier alpha value is -3.20. The van der Waals surface area contributed by atoms with Gasteiger partial charge in [-0.05, 0) is 23.8 Å². The third kappa shape index (κ3) is 3.57. The van der Waals surface area contributed by atoms with Crippen LogP contribution in [0.15, 0.2) is 40.2 Å². The Kier molecular flexibility index (Phi) is 4.99. The van der Waals surface area contributed by atoms with Gasteiger partial charge in [0.1, 0.15) is 5.56 Å². The Morgan fingerprint density at radius 3 is 2.88 bits per heavy atom. The van der Waals surface area contributed by atoms with E-state index in [0.717, 1.165) is 22.7 Å². The fourth-order valence-corrected chi connectivity index (χ4v) is 2.80. The maximum Gasteiger partial charge on any atom is 0.330 e. The summed E-state index contributed by atoms with van der Waals surface area (Å²) in [6.45, 7) is 0. The number of nitrogens with zero attached hydrogens (tertiary/aromatic N) is 1. The molecule has 0 saturated carbocycles. The average molecular weight is 372 g/mol. The van der Waals surface area contributed by atoms with E-state index in [1.807, 2.05) is 24.3 Å². The number of carbonyl (C=O) groups is 1. The van der Waals surface area contributed by atoms with E-state index in [1.165, 1.54) is 7.11 Å². The van der Waals surface area contributed by atoms with E-state index in [0.29, 0.717) is 0 Å². The van der Waals surface area contributed by atoms with E-state index < -0.39 is 23.5 Å². The van der Waals surface area contributed by atoms with Gasteiger partial charge in [0.2, 0.25) is 5.88 Å². The van der Waals surface area contributed by atoms with Crippen molar-refractivity contribution in [2.45, 2.75) is 12.5 Å². The fourth-order valence-electron chi connectivity index (χ4n) is 2.61. The molecule has 1 atom stereocenters. The van der Waals surface area contributed by atoms with Gasteiger partial charge in [-0.1, -0.05) is 18.2 Å². The van der Waals surface area contributed by atoms with Gasteiger partial charge in [-0.2, -0.15) is 0 Å². The van der Waals surface area contributed by atoms with Gasteiger partial charge in [0.25, 0.3) is 5.56 Å². The van der Waals surface area contributed by atoms with Gasteiger partial charge >= 0.3 is 5.97 Å². The summed E-state index contributed by atoms with van der Waals surface area (Å²) in [5.74, 6) is -0.968. The summed E-state index contributed by atoms with van der Waals surface area (Å²) in [4.78, 5) is 36.0. The highest BCUT2D eigenvalue weighted by molar-refractivity contribution is 7.71. The molecule has 0 aliphatic heterocycles. The molecule has 8 nitrogen and oxygen atoms in total. The molecule has 2 aromatic heterocycles. The third-order valence-corrected chi connectivity index (χ3v) is 4.11. The monoisotopic (exact) mass is 372 g/mol. The number of carbonyl (C=O) groups excluding carboxylic acids is 1. The van der Waals surface area contributed by atoms with E-state index in [-0.39, 0.29) is 16.8 Å². The zero-order chi connectivity index (χ0) is 18.7. The van der Waals surface area contributed by atoms with Crippen LogP contribution in [-0.2, 0) is 16.0 Å². The number of aliphatic imine (C=N–C) groups is 1. The molecule has 26 heavy (non-hydrogen) atoms. The lowest BCUT2D eigenvalue weighted by atomic mass is 10.1. The number of fused-ring (bicyclic) bond motifs is 1. The minimum atomic E-state index is -0.874. The van der Waals surface area contributed by atoms with Crippen LogP contribution in [0.2, 0.25) is 0 Å². The van der Waals surface area contributed by atoms with Gasteiger partial charge in [-0.3, -0.25) is 14.8 Å². The zero-order valence-electron chi connectivity index (χ0n) is 13.8. The molecular weight excluding hydrogens is 356 g/mol. The number of para-hydroxylation sites is 1. The molecule has 3 rings (SSSR count). The number of methoxy groups -OCH3 is 1. The largest absolute Gasteiger partial charge is 0.494 e. The topological polar surface area (TPSA) is 123 Å². The highest BCUT2D eigenvalue weighted by Gasteiger charge is 2.20. The van der Waals surface area contributed by atoms with Crippen LogP contribution < -0.4 is 5.56 Å². The molecule has 134 valence electrons. The second kappa shape index (κ2) is 7.36. The SMILES string of the molecule is COC(=O)[C@H](Cc1c[nH]c2ccccc12)N=Cc1c(O)[nH]c(=S)[nH]c1=O. The molecular formula is C17H16N4O4S. The van der Waals surface area contributed by atoms with Crippen LogP contribution >= 0.6 is 12.2 Å². The van der Waals surface area contributed by atoms with Crippen molar-refractivity contribution in [3.05, 3.63) is 56.7 Å². The lowest BCUT2D eigenvalue weighted by Crippen LogP contribution is -2.24. The van der Waals surface area contributed by atoms with Crippen molar-refractivity contribution in [3.63, 3.8) is 0 Å². The number of benzene rings is 1. The molecule has 0 aliphatic carbocycles. The van der Waals surface area contributed by atoms with Crippen molar-refractivity contribution < 1.29 is 14.6 Å². The van der Waals surface area contributed by atoms with Gasteiger partial charge < -0.3 is 19.8 Å².